The molecule has 0 aliphatic heterocycles. The van der Waals surface area contributed by atoms with Gasteiger partial charge in [-0.05, 0) is 31.9 Å². The van der Waals surface area contributed by atoms with Gasteiger partial charge in [-0.2, -0.15) is 3.44 Å². The molecule has 0 heterocycles. The van der Waals surface area contributed by atoms with Crippen molar-refractivity contribution >= 4 is 10.1 Å². The number of aryl methyl sites for hydroxylation is 1. The Bertz CT molecular complexity index is 410. The Morgan fingerprint density at radius 3 is 2.17 bits per heavy atom. The monoisotopic (exact) mass is 386 g/mol. The molecule has 6 heteroatoms. The maximum atomic E-state index is 10.4. The molecule has 0 bridgehead atoms. The first-order valence-corrected chi connectivity index (χ1v) is 9.57. The smallest absolute Gasteiger partial charge is 0.471 e. The van der Waals surface area contributed by atoms with Gasteiger partial charge in [0.2, 0.25) is 0 Å². The van der Waals surface area contributed by atoms with Gasteiger partial charge in [-0.25, -0.2) is 8.42 Å². The third kappa shape index (κ3) is 8.84. The quantitative estimate of drug-likeness (QED) is 0.307. The number of unbranched alkanes of at least 4 members (excludes halogenated alkanes) is 2. The van der Waals surface area contributed by atoms with Crippen LogP contribution in [-0.2, 0) is 10.1 Å². The Morgan fingerprint density at radius 2 is 1.78 bits per heavy atom. The van der Waals surface area contributed by atoms with Crippen LogP contribution in [0.3, 0.4) is 0 Å². The van der Waals surface area contributed by atoms with Gasteiger partial charge < -0.3 is 4.55 Å². The zero-order valence-electron chi connectivity index (χ0n) is 10.6. The van der Waals surface area contributed by atoms with Crippen molar-refractivity contribution in [3.05, 3.63) is 29.8 Å². The van der Waals surface area contributed by atoms with Gasteiger partial charge in [-0.15, -0.1) is 0 Å². The fraction of sp³-hybridized carbons (Fsp3) is 0.500. The molecule has 0 unspecified atom stereocenters. The van der Waals surface area contributed by atoms with Gasteiger partial charge in [0.1, 0.15) is 10.1 Å². The van der Waals surface area contributed by atoms with Crippen LogP contribution in [0.5, 0.6) is 0 Å². The molecule has 0 amide bonds. The van der Waals surface area contributed by atoms with E-state index >= 15 is 0 Å². The summed E-state index contributed by atoms with van der Waals surface area (Å²) in [7, 11) is -4.27. The van der Waals surface area contributed by atoms with E-state index in [0.29, 0.717) is 0 Å². The Balaban J connectivity index is 0.000000360. The summed E-state index contributed by atoms with van der Waals surface area (Å²) >= 11 is -0.405. The molecular formula is C12H19IO4S. The van der Waals surface area contributed by atoms with E-state index in [9.17, 15) is 13.0 Å². The van der Waals surface area contributed by atoms with E-state index in [0.717, 1.165) is 9.99 Å². The lowest BCUT2D eigenvalue weighted by Crippen LogP contribution is -3.62. The third-order valence-electron chi connectivity index (χ3n) is 2.13. The van der Waals surface area contributed by atoms with E-state index in [1.54, 1.807) is 12.1 Å². The van der Waals surface area contributed by atoms with Crippen LogP contribution in [0.4, 0.5) is 0 Å². The van der Waals surface area contributed by atoms with Gasteiger partial charge in [0.15, 0.2) is 4.43 Å². The highest BCUT2D eigenvalue weighted by Gasteiger charge is 1.98. The molecule has 0 radical (unpaired) electrons. The molecule has 18 heavy (non-hydrogen) atoms. The minimum atomic E-state index is -4.27. The minimum Gasteiger partial charge on any atom is -0.744 e. The summed E-state index contributed by atoms with van der Waals surface area (Å²) in [5.74, 6) is 0. The second-order valence-corrected chi connectivity index (χ2v) is 6.92. The largest absolute Gasteiger partial charge is 0.744 e. The lowest BCUT2D eigenvalue weighted by Gasteiger charge is -2.05. The molecule has 1 aromatic carbocycles. The van der Waals surface area contributed by atoms with E-state index in [1.807, 2.05) is 6.92 Å². The number of alkyl halides is 1. The van der Waals surface area contributed by atoms with Crippen LogP contribution >= 0.6 is 0 Å². The fourth-order valence-electron chi connectivity index (χ4n) is 1.11. The van der Waals surface area contributed by atoms with Crippen LogP contribution in [0.1, 0.15) is 31.7 Å². The SMILES string of the molecule is CCCCC[I+]O.Cc1ccc(S(=O)(=O)[O-])cc1. The molecule has 0 spiro atoms. The average molecular weight is 386 g/mol. The average Bonchev–Trinajstić information content (AvgIpc) is 2.30. The van der Waals surface area contributed by atoms with Gasteiger partial charge >= 0.3 is 21.6 Å². The Labute approximate surface area is 120 Å². The van der Waals surface area contributed by atoms with E-state index < -0.39 is 31.7 Å². The van der Waals surface area contributed by atoms with Crippen LogP contribution in [-0.4, -0.2) is 20.8 Å². The van der Waals surface area contributed by atoms with Crippen LogP contribution in [0.25, 0.3) is 0 Å². The molecule has 1 N–H and O–H groups in total. The third-order valence-corrected chi connectivity index (χ3v) is 4.23. The number of benzene rings is 1. The van der Waals surface area contributed by atoms with E-state index in [1.165, 1.54) is 31.4 Å². The summed E-state index contributed by atoms with van der Waals surface area (Å²) in [5, 5.41) is 0. The summed E-state index contributed by atoms with van der Waals surface area (Å²) < 4.78 is 40.7. The predicted octanol–water partition coefficient (Wildman–Crippen LogP) is -0.928. The van der Waals surface area contributed by atoms with E-state index in [2.05, 4.69) is 6.92 Å². The maximum absolute atomic E-state index is 10.4. The number of rotatable bonds is 5. The molecule has 1 aromatic rings. The molecular weight excluding hydrogens is 367 g/mol. The fourth-order valence-corrected chi connectivity index (χ4v) is 2.46. The first-order valence-electron chi connectivity index (χ1n) is 5.67. The standard InChI is InChI=1S/C7H8O3S.C5H12IO/c1-6-2-4-7(5-3-6)11(8,9)10;1-2-3-4-5-6-7/h2-5H,1H3,(H,8,9,10);7H,2-5H2,1H3/q;+1/p-1. The summed E-state index contributed by atoms with van der Waals surface area (Å²) in [4.78, 5) is -0.178. The minimum absolute atomic E-state index is 0.178. The first-order chi connectivity index (χ1) is 8.41. The van der Waals surface area contributed by atoms with Crippen LogP contribution in [0.15, 0.2) is 29.2 Å². The first kappa shape index (κ1) is 17.8. The lowest BCUT2D eigenvalue weighted by molar-refractivity contribution is -0.886. The molecule has 1 rings (SSSR count). The number of hydrogen-bond acceptors (Lipinski definition) is 4. The van der Waals surface area contributed by atoms with E-state index in [-0.39, 0.29) is 4.90 Å². The van der Waals surface area contributed by atoms with Crippen molar-refractivity contribution in [3.8, 4) is 0 Å². The number of halogens is 1. The van der Waals surface area contributed by atoms with Gasteiger partial charge in [0, 0.05) is 0 Å². The summed E-state index contributed by atoms with van der Waals surface area (Å²) in [6.07, 6.45) is 3.80. The highest BCUT2D eigenvalue weighted by molar-refractivity contribution is 7.85. The van der Waals surface area contributed by atoms with Gasteiger partial charge in [-0.1, -0.05) is 31.0 Å². The second-order valence-electron chi connectivity index (χ2n) is 3.78. The highest BCUT2D eigenvalue weighted by atomic mass is 127. The summed E-state index contributed by atoms with van der Waals surface area (Å²) in [6.45, 7) is 4.00. The normalized spacial score (nSPS) is 10.7. The van der Waals surface area contributed by atoms with Crippen molar-refractivity contribution in [1.82, 2.24) is 0 Å². The second kappa shape index (κ2) is 9.71. The predicted molar refractivity (Wildman–Crippen MR) is 65.8 cm³/mol. The van der Waals surface area contributed by atoms with Crippen molar-refractivity contribution < 1.29 is 38.0 Å². The van der Waals surface area contributed by atoms with Crippen molar-refractivity contribution in [1.29, 1.82) is 0 Å². The molecule has 104 valence electrons. The molecule has 0 atom stereocenters. The molecule has 0 saturated heterocycles. The Hall–Kier alpha value is -0.180. The van der Waals surface area contributed by atoms with Crippen molar-refractivity contribution in [2.24, 2.45) is 0 Å². The van der Waals surface area contributed by atoms with Crippen LogP contribution in [0, 0.1) is 6.92 Å². The Kier molecular flexibility index (Phi) is 9.61. The molecule has 4 nitrogen and oxygen atoms in total. The van der Waals surface area contributed by atoms with E-state index in [4.69, 9.17) is 3.44 Å². The topological polar surface area (TPSA) is 77.4 Å². The highest BCUT2D eigenvalue weighted by Crippen LogP contribution is 2.08. The van der Waals surface area contributed by atoms with Crippen molar-refractivity contribution in [2.45, 2.75) is 38.0 Å². The van der Waals surface area contributed by atoms with Crippen LogP contribution in [0.2, 0.25) is 0 Å². The molecule has 0 saturated carbocycles. The Morgan fingerprint density at radius 1 is 1.22 bits per heavy atom. The van der Waals surface area contributed by atoms with Gasteiger partial charge in [0.05, 0.1) is 4.90 Å². The van der Waals surface area contributed by atoms with Crippen molar-refractivity contribution in [2.75, 3.05) is 4.43 Å². The molecule has 0 aliphatic rings. The van der Waals surface area contributed by atoms with Gasteiger partial charge in [-0.3, -0.25) is 0 Å². The van der Waals surface area contributed by atoms with Crippen LogP contribution < -0.4 is 21.6 Å². The molecule has 0 aliphatic carbocycles. The molecule has 0 aromatic heterocycles. The van der Waals surface area contributed by atoms with Gasteiger partial charge in [0.25, 0.3) is 0 Å². The molecule has 0 fully saturated rings. The number of hydrogen-bond donors (Lipinski definition) is 1. The summed E-state index contributed by atoms with van der Waals surface area (Å²) in [6, 6.07) is 5.78. The maximum Gasteiger partial charge on any atom is 0.471 e. The summed E-state index contributed by atoms with van der Waals surface area (Å²) in [5.41, 5.74) is 0.928. The zero-order valence-corrected chi connectivity index (χ0v) is 13.6. The lowest BCUT2D eigenvalue weighted by atomic mass is 10.2. The zero-order chi connectivity index (χ0) is 14.0. The van der Waals surface area contributed by atoms with Crippen molar-refractivity contribution in [3.63, 3.8) is 0 Å².